The summed E-state index contributed by atoms with van der Waals surface area (Å²) in [6.45, 7) is 0. The minimum absolute atomic E-state index is 0.125. The van der Waals surface area contributed by atoms with E-state index in [0.717, 1.165) is 0 Å². The number of aromatic hydroxyl groups is 2. The van der Waals surface area contributed by atoms with Crippen LogP contribution in [-0.4, -0.2) is 22.3 Å². The maximum absolute atomic E-state index is 11.8. The van der Waals surface area contributed by atoms with Crippen LogP contribution < -0.4 is 5.43 Å². The minimum Gasteiger partial charge on any atom is -0.506 e. The van der Waals surface area contributed by atoms with Gasteiger partial charge in [0.2, 0.25) is 0 Å². The number of hydrogen-bond donors (Lipinski definition) is 3. The van der Waals surface area contributed by atoms with Crippen molar-refractivity contribution in [1.29, 1.82) is 0 Å². The highest BCUT2D eigenvalue weighted by molar-refractivity contribution is 9.11. The van der Waals surface area contributed by atoms with Crippen LogP contribution in [0.1, 0.15) is 15.9 Å². The van der Waals surface area contributed by atoms with Crippen molar-refractivity contribution in [2.45, 2.75) is 0 Å². The number of hydrogen-bond acceptors (Lipinski definition) is 4. The first-order valence-electron chi connectivity index (χ1n) is 5.89. The fraction of sp³-hybridized carbons (Fsp3) is 0. The number of hydrazone groups is 1. The molecule has 5 nitrogen and oxygen atoms in total. The Morgan fingerprint density at radius 2 is 1.82 bits per heavy atom. The molecule has 0 radical (unpaired) electrons. The molecular weight excluding hydrogens is 439 g/mol. The van der Waals surface area contributed by atoms with Crippen molar-refractivity contribution in [1.82, 2.24) is 5.43 Å². The smallest absolute Gasteiger partial charge is 0.271 e. The van der Waals surface area contributed by atoms with E-state index in [4.69, 9.17) is 11.6 Å². The Bertz CT molecular complexity index is 749. The molecule has 0 saturated carbocycles. The average molecular weight is 448 g/mol. The zero-order valence-electron chi connectivity index (χ0n) is 10.8. The molecule has 0 aliphatic heterocycles. The predicted molar refractivity (Wildman–Crippen MR) is 91.7 cm³/mol. The third kappa shape index (κ3) is 3.79. The van der Waals surface area contributed by atoms with Crippen molar-refractivity contribution in [2.75, 3.05) is 0 Å². The van der Waals surface area contributed by atoms with Gasteiger partial charge in [0.25, 0.3) is 5.91 Å². The Balaban J connectivity index is 2.13. The summed E-state index contributed by atoms with van der Waals surface area (Å²) < 4.78 is 0.509. The Hall–Kier alpha value is -1.57. The van der Waals surface area contributed by atoms with E-state index in [0.29, 0.717) is 20.6 Å². The van der Waals surface area contributed by atoms with Crippen molar-refractivity contribution in [3.05, 3.63) is 55.4 Å². The van der Waals surface area contributed by atoms with Crippen LogP contribution in [0.15, 0.2) is 44.4 Å². The normalized spacial score (nSPS) is 10.9. The van der Waals surface area contributed by atoms with Crippen molar-refractivity contribution in [2.24, 2.45) is 5.10 Å². The molecule has 2 aromatic rings. The van der Waals surface area contributed by atoms with Gasteiger partial charge in [0.15, 0.2) is 0 Å². The fourth-order valence-corrected chi connectivity index (χ4v) is 2.82. The topological polar surface area (TPSA) is 81.9 Å². The molecule has 0 saturated heterocycles. The molecular formula is C14H9Br2ClN2O3. The van der Waals surface area contributed by atoms with Crippen LogP contribution in [0, 0.1) is 0 Å². The first-order valence-corrected chi connectivity index (χ1v) is 7.85. The highest BCUT2D eigenvalue weighted by Crippen LogP contribution is 2.40. The van der Waals surface area contributed by atoms with Crippen LogP contribution in [0.3, 0.4) is 0 Å². The van der Waals surface area contributed by atoms with Crippen molar-refractivity contribution >= 4 is 55.6 Å². The van der Waals surface area contributed by atoms with E-state index in [1.54, 1.807) is 24.3 Å². The number of halogens is 3. The van der Waals surface area contributed by atoms with Gasteiger partial charge in [-0.2, -0.15) is 5.10 Å². The molecule has 8 heteroatoms. The molecule has 0 spiro atoms. The van der Waals surface area contributed by atoms with Crippen molar-refractivity contribution in [3.8, 4) is 11.5 Å². The van der Waals surface area contributed by atoms with Gasteiger partial charge >= 0.3 is 0 Å². The standard InChI is InChI=1S/C14H9Br2ClN2O3/c15-10-5-8(12(20)11(16)13(10)21)6-18-19-14(22)7-1-3-9(17)4-2-7/h1-6,20-21H,(H,19,22)/b18-6-. The zero-order valence-corrected chi connectivity index (χ0v) is 14.8. The highest BCUT2D eigenvalue weighted by Gasteiger charge is 2.12. The molecule has 0 aromatic heterocycles. The summed E-state index contributed by atoms with van der Waals surface area (Å²) in [5, 5.41) is 23.8. The van der Waals surface area contributed by atoms with Crippen molar-refractivity contribution < 1.29 is 15.0 Å². The lowest BCUT2D eigenvalue weighted by molar-refractivity contribution is 0.0955. The van der Waals surface area contributed by atoms with Crippen molar-refractivity contribution in [3.63, 3.8) is 0 Å². The summed E-state index contributed by atoms with van der Waals surface area (Å²) in [7, 11) is 0. The number of rotatable bonds is 3. The maximum atomic E-state index is 11.8. The predicted octanol–water partition coefficient (Wildman–Crippen LogP) is 4.04. The minimum atomic E-state index is -0.413. The first kappa shape index (κ1) is 16.8. The number of benzene rings is 2. The van der Waals surface area contributed by atoms with E-state index >= 15 is 0 Å². The largest absolute Gasteiger partial charge is 0.506 e. The molecule has 0 aliphatic carbocycles. The van der Waals surface area contributed by atoms with Gasteiger partial charge in [-0.25, -0.2) is 5.43 Å². The summed E-state index contributed by atoms with van der Waals surface area (Å²) >= 11 is 11.9. The molecule has 0 heterocycles. The number of phenolic OH excluding ortho intramolecular Hbond substituents is 2. The lowest BCUT2D eigenvalue weighted by atomic mass is 10.2. The van der Waals surface area contributed by atoms with E-state index in [1.165, 1.54) is 12.3 Å². The molecule has 22 heavy (non-hydrogen) atoms. The molecule has 0 unspecified atom stereocenters. The van der Waals surface area contributed by atoms with E-state index in [1.807, 2.05) is 0 Å². The Kier molecular flexibility index (Phi) is 5.44. The Morgan fingerprint density at radius 1 is 1.18 bits per heavy atom. The van der Waals surface area contributed by atoms with Gasteiger partial charge in [-0.05, 0) is 62.2 Å². The van der Waals surface area contributed by atoms with Crippen LogP contribution in [0.5, 0.6) is 11.5 Å². The van der Waals surface area contributed by atoms with Crippen LogP contribution in [-0.2, 0) is 0 Å². The number of amides is 1. The molecule has 2 rings (SSSR count). The number of nitrogens with one attached hydrogen (secondary N) is 1. The van der Waals surface area contributed by atoms with E-state index < -0.39 is 5.91 Å². The van der Waals surface area contributed by atoms with Gasteiger partial charge < -0.3 is 10.2 Å². The van der Waals surface area contributed by atoms with Gasteiger partial charge in [-0.3, -0.25) is 4.79 Å². The maximum Gasteiger partial charge on any atom is 0.271 e. The van der Waals surface area contributed by atoms with E-state index in [9.17, 15) is 15.0 Å². The second-order valence-corrected chi connectivity index (χ2v) is 6.25. The summed E-state index contributed by atoms with van der Waals surface area (Å²) in [4.78, 5) is 11.8. The fourth-order valence-electron chi connectivity index (χ4n) is 1.54. The average Bonchev–Trinajstić information content (AvgIpc) is 2.50. The SMILES string of the molecule is O=C(N/N=C\c1cc(Br)c(O)c(Br)c1O)c1ccc(Cl)cc1. The van der Waals surface area contributed by atoms with E-state index in [2.05, 4.69) is 42.4 Å². The molecule has 1 amide bonds. The molecule has 114 valence electrons. The zero-order chi connectivity index (χ0) is 16.3. The second kappa shape index (κ2) is 7.13. The molecule has 0 fully saturated rings. The van der Waals surface area contributed by atoms with Crippen LogP contribution in [0.2, 0.25) is 5.02 Å². The summed E-state index contributed by atoms with van der Waals surface area (Å²) in [5.41, 5.74) is 3.05. The quantitative estimate of drug-likeness (QED) is 0.490. The first-order chi connectivity index (χ1) is 10.4. The van der Waals surface area contributed by atoms with Crippen LogP contribution >= 0.6 is 43.5 Å². The summed E-state index contributed by atoms with van der Waals surface area (Å²) in [6.07, 6.45) is 1.26. The van der Waals surface area contributed by atoms with E-state index in [-0.39, 0.29) is 16.0 Å². The number of phenols is 2. The lowest BCUT2D eigenvalue weighted by Gasteiger charge is -2.06. The molecule has 0 aliphatic rings. The third-order valence-electron chi connectivity index (χ3n) is 2.67. The van der Waals surface area contributed by atoms with Gasteiger partial charge in [0.05, 0.1) is 10.7 Å². The Labute approximate surface area is 147 Å². The van der Waals surface area contributed by atoms with Crippen LogP contribution in [0.4, 0.5) is 0 Å². The van der Waals surface area contributed by atoms with Crippen LogP contribution in [0.25, 0.3) is 0 Å². The Morgan fingerprint density at radius 3 is 2.45 bits per heavy atom. The molecule has 3 N–H and O–H groups in total. The summed E-state index contributed by atoms with van der Waals surface area (Å²) in [6, 6.07) is 7.80. The monoisotopic (exact) mass is 446 g/mol. The lowest BCUT2D eigenvalue weighted by Crippen LogP contribution is -2.17. The van der Waals surface area contributed by atoms with Gasteiger partial charge in [0.1, 0.15) is 16.0 Å². The molecule has 0 bridgehead atoms. The highest BCUT2D eigenvalue weighted by atomic mass is 79.9. The number of carbonyl (C=O) groups is 1. The number of carbonyl (C=O) groups excluding carboxylic acids is 1. The third-order valence-corrected chi connectivity index (χ3v) is 4.28. The molecule has 2 aromatic carbocycles. The second-order valence-electron chi connectivity index (χ2n) is 4.16. The van der Waals surface area contributed by atoms with Gasteiger partial charge in [-0.1, -0.05) is 11.6 Å². The summed E-state index contributed by atoms with van der Waals surface area (Å²) in [5.74, 6) is -0.727. The number of nitrogens with zero attached hydrogens (tertiary/aromatic N) is 1. The van der Waals surface area contributed by atoms with Gasteiger partial charge in [-0.15, -0.1) is 0 Å². The molecule has 0 atom stereocenters. The van der Waals surface area contributed by atoms with Gasteiger partial charge in [0, 0.05) is 16.1 Å².